The molecule has 0 radical (unpaired) electrons. The van der Waals surface area contributed by atoms with Crippen molar-refractivity contribution in [1.82, 2.24) is 5.32 Å². The number of anilines is 1. The van der Waals surface area contributed by atoms with Crippen molar-refractivity contribution < 1.29 is 9.59 Å². The van der Waals surface area contributed by atoms with E-state index in [2.05, 4.69) is 10.6 Å². The Morgan fingerprint density at radius 3 is 2.72 bits per heavy atom. The highest BCUT2D eigenvalue weighted by atomic mass is 35.5. The van der Waals surface area contributed by atoms with Gasteiger partial charge in [0, 0.05) is 23.7 Å². The number of hydrogen-bond acceptors (Lipinski definition) is 2. The van der Waals surface area contributed by atoms with Crippen LogP contribution in [0.1, 0.15) is 20.3 Å². The van der Waals surface area contributed by atoms with Crippen molar-refractivity contribution in [2.45, 2.75) is 20.3 Å². The standard InChI is InChI=1S/C13H17ClN2O2/c1-3-12(17)15-8-9(2)13(18)16-11-6-4-5-10(14)7-11/h4-7,9H,3,8H2,1-2H3,(H,15,17)(H,16,18). The summed E-state index contributed by atoms with van der Waals surface area (Å²) < 4.78 is 0. The van der Waals surface area contributed by atoms with Crippen molar-refractivity contribution in [2.75, 3.05) is 11.9 Å². The summed E-state index contributed by atoms with van der Waals surface area (Å²) in [6.07, 6.45) is 0.419. The van der Waals surface area contributed by atoms with Gasteiger partial charge in [0.2, 0.25) is 11.8 Å². The van der Waals surface area contributed by atoms with Gasteiger partial charge in [-0.15, -0.1) is 0 Å². The number of carbonyl (C=O) groups excluding carboxylic acids is 2. The molecule has 0 saturated carbocycles. The monoisotopic (exact) mass is 268 g/mol. The third kappa shape index (κ3) is 4.75. The average Bonchev–Trinajstić information content (AvgIpc) is 2.35. The molecule has 1 rings (SSSR count). The maximum absolute atomic E-state index is 11.8. The molecule has 0 heterocycles. The molecular formula is C13H17ClN2O2. The van der Waals surface area contributed by atoms with E-state index in [9.17, 15) is 9.59 Å². The number of carbonyl (C=O) groups is 2. The number of nitrogens with one attached hydrogen (secondary N) is 2. The third-order valence-corrected chi connectivity index (χ3v) is 2.70. The highest BCUT2D eigenvalue weighted by Gasteiger charge is 2.13. The molecule has 0 aromatic heterocycles. The van der Waals surface area contributed by atoms with Crippen molar-refractivity contribution >= 4 is 29.1 Å². The van der Waals surface area contributed by atoms with Gasteiger partial charge in [-0.2, -0.15) is 0 Å². The summed E-state index contributed by atoms with van der Waals surface area (Å²) in [5.74, 6) is -0.495. The van der Waals surface area contributed by atoms with E-state index in [1.54, 1.807) is 38.1 Å². The lowest BCUT2D eigenvalue weighted by Crippen LogP contribution is -2.33. The van der Waals surface area contributed by atoms with Gasteiger partial charge in [0.15, 0.2) is 0 Å². The molecule has 0 bridgehead atoms. The molecule has 2 N–H and O–H groups in total. The van der Waals surface area contributed by atoms with E-state index >= 15 is 0 Å². The topological polar surface area (TPSA) is 58.2 Å². The zero-order valence-electron chi connectivity index (χ0n) is 10.5. The Hall–Kier alpha value is -1.55. The molecule has 5 heteroatoms. The summed E-state index contributed by atoms with van der Waals surface area (Å²) in [4.78, 5) is 22.9. The summed E-state index contributed by atoms with van der Waals surface area (Å²) in [5.41, 5.74) is 0.654. The fourth-order valence-electron chi connectivity index (χ4n) is 1.32. The predicted molar refractivity (Wildman–Crippen MR) is 72.5 cm³/mol. The van der Waals surface area contributed by atoms with Crippen molar-refractivity contribution in [3.05, 3.63) is 29.3 Å². The lowest BCUT2D eigenvalue weighted by molar-refractivity contribution is -0.122. The summed E-state index contributed by atoms with van der Waals surface area (Å²) >= 11 is 5.82. The van der Waals surface area contributed by atoms with E-state index in [0.29, 0.717) is 23.7 Å². The SMILES string of the molecule is CCC(=O)NCC(C)C(=O)Nc1cccc(Cl)c1. The molecule has 4 nitrogen and oxygen atoms in total. The summed E-state index contributed by atoms with van der Waals surface area (Å²) in [6, 6.07) is 6.95. The molecule has 2 amide bonds. The van der Waals surface area contributed by atoms with Crippen LogP contribution in [0.3, 0.4) is 0 Å². The third-order valence-electron chi connectivity index (χ3n) is 2.47. The van der Waals surface area contributed by atoms with Crippen LogP contribution >= 0.6 is 11.6 Å². The zero-order chi connectivity index (χ0) is 13.5. The lowest BCUT2D eigenvalue weighted by atomic mass is 10.1. The first kappa shape index (κ1) is 14.5. The van der Waals surface area contributed by atoms with Crippen molar-refractivity contribution in [3.63, 3.8) is 0 Å². The van der Waals surface area contributed by atoms with E-state index in [1.807, 2.05) is 0 Å². The molecular weight excluding hydrogens is 252 g/mol. The second-order valence-electron chi connectivity index (χ2n) is 4.06. The van der Waals surface area contributed by atoms with Gasteiger partial charge >= 0.3 is 0 Å². The summed E-state index contributed by atoms with van der Waals surface area (Å²) in [7, 11) is 0. The second-order valence-corrected chi connectivity index (χ2v) is 4.49. The highest BCUT2D eigenvalue weighted by Crippen LogP contribution is 2.15. The summed E-state index contributed by atoms with van der Waals surface area (Å²) in [6.45, 7) is 3.86. The number of halogens is 1. The maximum Gasteiger partial charge on any atom is 0.228 e. The first-order chi connectivity index (χ1) is 8.52. The van der Waals surface area contributed by atoms with Crippen LogP contribution in [0.25, 0.3) is 0 Å². The van der Waals surface area contributed by atoms with E-state index < -0.39 is 0 Å². The molecule has 0 spiro atoms. The molecule has 0 aliphatic rings. The Labute approximate surface area is 112 Å². The number of amides is 2. The van der Waals surface area contributed by atoms with E-state index in [4.69, 9.17) is 11.6 Å². The number of hydrogen-bond donors (Lipinski definition) is 2. The second kappa shape index (κ2) is 7.01. The Bertz CT molecular complexity index is 435. The van der Waals surface area contributed by atoms with Crippen molar-refractivity contribution in [1.29, 1.82) is 0 Å². The molecule has 1 aromatic rings. The molecule has 0 aliphatic carbocycles. The smallest absolute Gasteiger partial charge is 0.228 e. The van der Waals surface area contributed by atoms with Crippen LogP contribution in [0.15, 0.2) is 24.3 Å². The molecule has 0 fully saturated rings. The van der Waals surface area contributed by atoms with Gasteiger partial charge in [0.25, 0.3) is 0 Å². The zero-order valence-corrected chi connectivity index (χ0v) is 11.3. The van der Waals surface area contributed by atoms with Crippen LogP contribution in [-0.2, 0) is 9.59 Å². The quantitative estimate of drug-likeness (QED) is 0.862. The van der Waals surface area contributed by atoms with Crippen molar-refractivity contribution in [3.8, 4) is 0 Å². The number of rotatable bonds is 5. The minimum Gasteiger partial charge on any atom is -0.355 e. The Morgan fingerprint density at radius 2 is 2.11 bits per heavy atom. The van der Waals surface area contributed by atoms with Gasteiger partial charge in [-0.25, -0.2) is 0 Å². The van der Waals surface area contributed by atoms with Crippen LogP contribution in [0.2, 0.25) is 5.02 Å². The van der Waals surface area contributed by atoms with Crippen LogP contribution in [0.5, 0.6) is 0 Å². The van der Waals surface area contributed by atoms with E-state index in [-0.39, 0.29) is 17.7 Å². The Morgan fingerprint density at radius 1 is 1.39 bits per heavy atom. The summed E-state index contributed by atoms with van der Waals surface area (Å²) in [5, 5.41) is 6.00. The maximum atomic E-state index is 11.8. The van der Waals surface area contributed by atoms with E-state index in [0.717, 1.165) is 0 Å². The predicted octanol–water partition coefficient (Wildman–Crippen LogP) is 2.44. The fourth-order valence-corrected chi connectivity index (χ4v) is 1.51. The van der Waals surface area contributed by atoms with Crippen LogP contribution in [0.4, 0.5) is 5.69 Å². The van der Waals surface area contributed by atoms with Crippen LogP contribution in [0, 0.1) is 5.92 Å². The molecule has 18 heavy (non-hydrogen) atoms. The molecule has 1 unspecified atom stereocenters. The molecule has 1 aromatic carbocycles. The van der Waals surface area contributed by atoms with Crippen LogP contribution in [-0.4, -0.2) is 18.4 Å². The van der Waals surface area contributed by atoms with Gasteiger partial charge in [0.1, 0.15) is 0 Å². The number of benzene rings is 1. The largest absolute Gasteiger partial charge is 0.355 e. The van der Waals surface area contributed by atoms with Crippen molar-refractivity contribution in [2.24, 2.45) is 5.92 Å². The normalized spacial score (nSPS) is 11.7. The molecule has 1 atom stereocenters. The minimum atomic E-state index is -0.292. The van der Waals surface area contributed by atoms with E-state index in [1.165, 1.54) is 0 Å². The minimum absolute atomic E-state index is 0.0580. The Balaban J connectivity index is 2.47. The van der Waals surface area contributed by atoms with Gasteiger partial charge < -0.3 is 10.6 Å². The highest BCUT2D eigenvalue weighted by molar-refractivity contribution is 6.30. The lowest BCUT2D eigenvalue weighted by Gasteiger charge is -2.13. The van der Waals surface area contributed by atoms with Crippen LogP contribution < -0.4 is 10.6 Å². The van der Waals surface area contributed by atoms with Gasteiger partial charge in [-0.3, -0.25) is 9.59 Å². The van der Waals surface area contributed by atoms with Gasteiger partial charge in [-0.1, -0.05) is 31.5 Å². The average molecular weight is 269 g/mol. The first-order valence-electron chi connectivity index (χ1n) is 5.86. The molecule has 0 saturated heterocycles. The van der Waals surface area contributed by atoms with Gasteiger partial charge in [0.05, 0.1) is 5.92 Å². The van der Waals surface area contributed by atoms with Gasteiger partial charge in [-0.05, 0) is 18.2 Å². The Kier molecular flexibility index (Phi) is 5.65. The fraction of sp³-hybridized carbons (Fsp3) is 0.385. The molecule has 98 valence electrons. The first-order valence-corrected chi connectivity index (χ1v) is 6.24. The molecule has 0 aliphatic heterocycles.